The maximum atomic E-state index is 3.23. The van der Waals surface area contributed by atoms with Crippen molar-refractivity contribution in [2.75, 3.05) is 40.3 Å². The first kappa shape index (κ1) is 12.3. The summed E-state index contributed by atoms with van der Waals surface area (Å²) in [5.74, 6) is 0. The zero-order chi connectivity index (χ0) is 11.4. The predicted octanol–water partition coefficient (Wildman–Crippen LogP) is 1.15. The largest absolute Gasteiger partial charge is 0.320 e. The Morgan fingerprint density at radius 1 is 1.31 bits per heavy atom. The van der Waals surface area contributed by atoms with Crippen LogP contribution in [0.5, 0.6) is 0 Å². The van der Waals surface area contributed by atoms with E-state index in [2.05, 4.69) is 22.2 Å². The highest BCUT2D eigenvalue weighted by molar-refractivity contribution is 4.89. The Balaban J connectivity index is 1.72. The lowest BCUT2D eigenvalue weighted by molar-refractivity contribution is 0.104. The van der Waals surface area contributed by atoms with Crippen molar-refractivity contribution in [1.29, 1.82) is 0 Å². The lowest BCUT2D eigenvalue weighted by Crippen LogP contribution is -2.46. The molecule has 0 bridgehead atoms. The molecule has 2 unspecified atom stereocenters. The maximum Gasteiger partial charge on any atom is 0.0119 e. The van der Waals surface area contributed by atoms with Crippen LogP contribution in [-0.4, -0.2) is 62.2 Å². The van der Waals surface area contributed by atoms with Crippen LogP contribution < -0.4 is 5.32 Å². The molecule has 0 aromatic carbocycles. The Hall–Kier alpha value is -0.120. The van der Waals surface area contributed by atoms with Crippen molar-refractivity contribution in [2.24, 2.45) is 0 Å². The fourth-order valence-electron chi connectivity index (χ4n) is 3.29. The summed E-state index contributed by atoms with van der Waals surface area (Å²) in [4.78, 5) is 5.30. The quantitative estimate of drug-likeness (QED) is 0.708. The van der Waals surface area contributed by atoms with E-state index in [9.17, 15) is 0 Å². The molecule has 3 nitrogen and oxygen atoms in total. The molecule has 2 aliphatic heterocycles. The minimum atomic E-state index is 0.844. The van der Waals surface area contributed by atoms with E-state index in [1.807, 2.05) is 7.05 Å². The lowest BCUT2D eigenvalue weighted by atomic mass is 9.96. The third-order valence-corrected chi connectivity index (χ3v) is 4.35. The van der Waals surface area contributed by atoms with Gasteiger partial charge in [0.25, 0.3) is 0 Å². The second kappa shape index (κ2) is 5.99. The van der Waals surface area contributed by atoms with Crippen LogP contribution in [0.1, 0.15) is 32.1 Å². The third kappa shape index (κ3) is 2.96. The van der Waals surface area contributed by atoms with Gasteiger partial charge < -0.3 is 15.1 Å². The van der Waals surface area contributed by atoms with Gasteiger partial charge in [-0.3, -0.25) is 0 Å². The van der Waals surface area contributed by atoms with E-state index in [4.69, 9.17) is 0 Å². The van der Waals surface area contributed by atoms with Crippen molar-refractivity contribution < 1.29 is 0 Å². The highest BCUT2D eigenvalue weighted by atomic mass is 15.2. The van der Waals surface area contributed by atoms with Crippen molar-refractivity contribution >= 4 is 0 Å². The van der Waals surface area contributed by atoms with Crippen molar-refractivity contribution in [3.05, 3.63) is 0 Å². The van der Waals surface area contributed by atoms with Crippen molar-refractivity contribution in [2.45, 2.75) is 44.2 Å². The van der Waals surface area contributed by atoms with Gasteiger partial charge >= 0.3 is 0 Å². The van der Waals surface area contributed by atoms with Crippen molar-refractivity contribution in [3.8, 4) is 0 Å². The highest BCUT2D eigenvalue weighted by Gasteiger charge is 2.32. The zero-order valence-electron chi connectivity index (χ0n) is 10.9. The first-order chi connectivity index (χ1) is 7.81. The molecule has 2 aliphatic rings. The number of hydrogen-bond donors (Lipinski definition) is 1. The molecule has 0 aromatic rings. The Morgan fingerprint density at radius 3 is 3.00 bits per heavy atom. The Bertz CT molecular complexity index is 207. The van der Waals surface area contributed by atoms with Crippen LogP contribution in [0.15, 0.2) is 0 Å². The molecule has 2 heterocycles. The van der Waals surface area contributed by atoms with Crippen LogP contribution in [0.2, 0.25) is 0 Å². The van der Waals surface area contributed by atoms with Gasteiger partial charge in [0.2, 0.25) is 0 Å². The van der Waals surface area contributed by atoms with Gasteiger partial charge in [-0.05, 0) is 72.4 Å². The van der Waals surface area contributed by atoms with Gasteiger partial charge in [0.05, 0.1) is 0 Å². The second-order valence-corrected chi connectivity index (χ2v) is 5.45. The van der Waals surface area contributed by atoms with Gasteiger partial charge in [-0.25, -0.2) is 0 Å². The smallest absolute Gasteiger partial charge is 0.0119 e. The molecule has 0 spiro atoms. The molecule has 0 amide bonds. The number of rotatable bonds is 5. The molecule has 2 fully saturated rings. The van der Waals surface area contributed by atoms with E-state index in [-0.39, 0.29) is 0 Å². The first-order valence-corrected chi connectivity index (χ1v) is 6.90. The maximum absolute atomic E-state index is 3.23. The monoisotopic (exact) mass is 225 g/mol. The third-order valence-electron chi connectivity index (χ3n) is 4.35. The SMILES string of the molecule is CNCCCN(C)C1CCN2CCCC2C1. The van der Waals surface area contributed by atoms with E-state index in [0.717, 1.165) is 18.6 Å². The molecule has 3 heteroatoms. The predicted molar refractivity (Wildman–Crippen MR) is 68.8 cm³/mol. The summed E-state index contributed by atoms with van der Waals surface area (Å²) in [6.45, 7) is 5.09. The van der Waals surface area contributed by atoms with Gasteiger partial charge in [-0.1, -0.05) is 0 Å². The molecule has 1 N–H and O–H groups in total. The molecular formula is C13H27N3. The van der Waals surface area contributed by atoms with E-state index in [1.54, 1.807) is 0 Å². The van der Waals surface area contributed by atoms with Crippen LogP contribution in [0.25, 0.3) is 0 Å². The van der Waals surface area contributed by atoms with Gasteiger partial charge in [-0.2, -0.15) is 0 Å². The number of piperidine rings is 1. The zero-order valence-corrected chi connectivity index (χ0v) is 10.9. The summed E-state index contributed by atoms with van der Waals surface area (Å²) in [6, 6.07) is 1.75. The number of nitrogens with zero attached hydrogens (tertiary/aromatic N) is 2. The van der Waals surface area contributed by atoms with Crippen LogP contribution in [0.3, 0.4) is 0 Å². The average Bonchev–Trinajstić information content (AvgIpc) is 2.76. The molecule has 2 atom stereocenters. The molecule has 0 radical (unpaired) electrons. The summed E-state index contributed by atoms with van der Waals surface area (Å²) in [7, 11) is 4.35. The van der Waals surface area contributed by atoms with Gasteiger partial charge in [0.1, 0.15) is 0 Å². The fourth-order valence-corrected chi connectivity index (χ4v) is 3.29. The molecule has 2 saturated heterocycles. The molecule has 0 saturated carbocycles. The van der Waals surface area contributed by atoms with Crippen LogP contribution >= 0.6 is 0 Å². The van der Waals surface area contributed by atoms with Crippen LogP contribution in [0.4, 0.5) is 0 Å². The number of hydrogen-bond acceptors (Lipinski definition) is 3. The van der Waals surface area contributed by atoms with Gasteiger partial charge in [0.15, 0.2) is 0 Å². The van der Waals surface area contributed by atoms with Gasteiger partial charge in [-0.15, -0.1) is 0 Å². The minimum Gasteiger partial charge on any atom is -0.320 e. The fraction of sp³-hybridized carbons (Fsp3) is 1.00. The Kier molecular flexibility index (Phi) is 4.62. The summed E-state index contributed by atoms with van der Waals surface area (Å²) in [5, 5.41) is 3.23. The number of fused-ring (bicyclic) bond motifs is 1. The summed E-state index contributed by atoms with van der Waals surface area (Å²) in [6.07, 6.45) is 6.95. The molecule has 16 heavy (non-hydrogen) atoms. The Labute approximate surface area is 100 Å². The van der Waals surface area contributed by atoms with E-state index >= 15 is 0 Å². The molecule has 0 aromatic heterocycles. The first-order valence-electron chi connectivity index (χ1n) is 6.90. The van der Waals surface area contributed by atoms with Crippen molar-refractivity contribution in [1.82, 2.24) is 15.1 Å². The lowest BCUT2D eigenvalue weighted by Gasteiger charge is -2.39. The van der Waals surface area contributed by atoms with Crippen molar-refractivity contribution in [3.63, 3.8) is 0 Å². The van der Waals surface area contributed by atoms with E-state index in [0.29, 0.717) is 0 Å². The normalized spacial score (nSPS) is 30.9. The van der Waals surface area contributed by atoms with E-state index in [1.165, 1.54) is 51.7 Å². The van der Waals surface area contributed by atoms with Crippen LogP contribution in [0, 0.1) is 0 Å². The minimum absolute atomic E-state index is 0.844. The standard InChI is InChI=1S/C13H27N3/c1-14-7-4-8-15(2)12-6-10-16-9-3-5-13(16)11-12/h12-14H,3-11H2,1-2H3. The van der Waals surface area contributed by atoms with Gasteiger partial charge in [0, 0.05) is 12.1 Å². The Morgan fingerprint density at radius 2 is 2.19 bits per heavy atom. The molecular weight excluding hydrogens is 198 g/mol. The molecule has 0 aliphatic carbocycles. The average molecular weight is 225 g/mol. The summed E-state index contributed by atoms with van der Waals surface area (Å²) < 4.78 is 0. The summed E-state index contributed by atoms with van der Waals surface area (Å²) >= 11 is 0. The molecule has 94 valence electrons. The number of nitrogens with one attached hydrogen (secondary N) is 1. The van der Waals surface area contributed by atoms with E-state index < -0.39 is 0 Å². The highest BCUT2D eigenvalue weighted by Crippen LogP contribution is 2.28. The second-order valence-electron chi connectivity index (χ2n) is 5.45. The van der Waals surface area contributed by atoms with Crippen LogP contribution in [-0.2, 0) is 0 Å². The molecule has 2 rings (SSSR count). The topological polar surface area (TPSA) is 18.5 Å². The summed E-state index contributed by atoms with van der Waals surface area (Å²) in [5.41, 5.74) is 0.